The summed E-state index contributed by atoms with van der Waals surface area (Å²) in [7, 11) is 1.45. The second kappa shape index (κ2) is 10.4. The number of ether oxygens (including phenoxy) is 1. The Hall–Kier alpha value is -5.00. The number of hydrogen-bond donors (Lipinski definition) is 2. The highest BCUT2D eigenvalue weighted by Gasteiger charge is 2.32. The number of aromatic nitrogens is 5. The maximum atomic E-state index is 13.5. The summed E-state index contributed by atoms with van der Waals surface area (Å²) in [4.78, 5) is 24.8. The quantitative estimate of drug-likeness (QED) is 0.288. The van der Waals surface area contributed by atoms with Gasteiger partial charge in [0.15, 0.2) is 17.4 Å². The molecule has 0 unspecified atom stereocenters. The number of nitrogens with two attached hydrogens (primary N) is 1. The van der Waals surface area contributed by atoms with Crippen LogP contribution < -0.4 is 15.8 Å². The lowest BCUT2D eigenvalue weighted by molar-refractivity contribution is -0.138. The number of benzene rings is 2. The van der Waals surface area contributed by atoms with Crippen LogP contribution in [0.5, 0.6) is 5.75 Å². The number of nitrogens with zero attached hydrogens (tertiary/aromatic N) is 5. The van der Waals surface area contributed by atoms with E-state index in [9.17, 15) is 18.0 Å². The molecule has 9 nitrogen and oxygen atoms in total. The van der Waals surface area contributed by atoms with Crippen LogP contribution in [-0.4, -0.2) is 37.7 Å². The van der Waals surface area contributed by atoms with Crippen molar-refractivity contribution in [1.82, 2.24) is 24.7 Å². The zero-order valence-corrected chi connectivity index (χ0v) is 20.6. The van der Waals surface area contributed by atoms with Gasteiger partial charge in [-0.3, -0.25) is 14.5 Å². The Morgan fingerprint density at radius 2 is 1.85 bits per heavy atom. The molecular weight excluding hydrogens is 511 g/mol. The topological polar surface area (TPSA) is 121 Å². The molecule has 12 heteroatoms. The number of fused-ring (bicyclic) bond motifs is 1. The van der Waals surface area contributed by atoms with Gasteiger partial charge in [-0.15, -0.1) is 0 Å². The Labute approximate surface area is 220 Å². The minimum atomic E-state index is -4.45. The molecule has 0 saturated heterocycles. The molecule has 0 radical (unpaired) electrons. The Bertz CT molecular complexity index is 1670. The second-order valence-electron chi connectivity index (χ2n) is 8.51. The largest absolute Gasteiger partial charge is 0.491 e. The fraction of sp³-hybridized carbons (Fsp3) is 0.148. The van der Waals surface area contributed by atoms with Crippen molar-refractivity contribution < 1.29 is 22.7 Å². The summed E-state index contributed by atoms with van der Waals surface area (Å²) < 4.78 is 47.5. The van der Waals surface area contributed by atoms with E-state index in [0.29, 0.717) is 17.1 Å². The van der Waals surface area contributed by atoms with Crippen molar-refractivity contribution in [2.24, 2.45) is 5.73 Å². The lowest BCUT2D eigenvalue weighted by Crippen LogP contribution is -2.14. The number of carbonyl (C=O) groups excluding carboxylic acids is 1. The molecule has 0 aliphatic heterocycles. The molecule has 3 aromatic heterocycles. The van der Waals surface area contributed by atoms with Gasteiger partial charge in [0.1, 0.15) is 5.69 Å². The molecule has 39 heavy (non-hydrogen) atoms. The zero-order chi connectivity index (χ0) is 27.6. The highest BCUT2D eigenvalue weighted by Crippen LogP contribution is 2.34. The first-order chi connectivity index (χ1) is 18.8. The van der Waals surface area contributed by atoms with E-state index in [4.69, 9.17) is 10.5 Å². The summed E-state index contributed by atoms with van der Waals surface area (Å²) in [6.07, 6.45) is -0.0313. The standard InChI is InChI=1S/C27H22F3N7O2/c1-39-22-15-33-26(35-25(22)34-20-10-12-32-14-18(20)24(31)38)23-17-7-3-5-9-21(17)37(36-23)13-11-16-6-2-4-8-19(16)27(28,29)30/h2-10,12,14-15H,11,13H2,1H3,(H2,31,38)(H,32,33,34,35). The van der Waals surface area contributed by atoms with E-state index in [1.54, 1.807) is 16.8 Å². The van der Waals surface area contributed by atoms with E-state index >= 15 is 0 Å². The van der Waals surface area contributed by atoms with E-state index in [2.05, 4.69) is 25.4 Å². The van der Waals surface area contributed by atoms with Crippen LogP contribution in [0.2, 0.25) is 0 Å². The summed E-state index contributed by atoms with van der Waals surface area (Å²) in [5.74, 6) is 0.140. The van der Waals surface area contributed by atoms with Gasteiger partial charge in [-0.05, 0) is 30.2 Å². The average Bonchev–Trinajstić information content (AvgIpc) is 3.30. The first-order valence-electron chi connectivity index (χ1n) is 11.8. The highest BCUT2D eigenvalue weighted by atomic mass is 19.4. The van der Waals surface area contributed by atoms with Gasteiger partial charge in [-0.1, -0.05) is 36.4 Å². The number of amides is 1. The van der Waals surface area contributed by atoms with Crippen LogP contribution in [-0.2, 0) is 19.1 Å². The molecule has 5 aromatic rings. The van der Waals surface area contributed by atoms with Crippen molar-refractivity contribution >= 4 is 28.3 Å². The van der Waals surface area contributed by atoms with Gasteiger partial charge in [0.05, 0.1) is 35.6 Å². The smallest absolute Gasteiger partial charge is 0.416 e. The number of halogens is 3. The normalized spacial score (nSPS) is 11.5. The van der Waals surface area contributed by atoms with Gasteiger partial charge in [-0.25, -0.2) is 9.97 Å². The maximum Gasteiger partial charge on any atom is 0.416 e. The highest BCUT2D eigenvalue weighted by molar-refractivity contribution is 5.99. The molecule has 0 aliphatic carbocycles. The number of methoxy groups -OCH3 is 1. The molecule has 3 heterocycles. The summed E-state index contributed by atoms with van der Waals surface area (Å²) in [6.45, 7) is 0.202. The van der Waals surface area contributed by atoms with Crippen molar-refractivity contribution in [2.75, 3.05) is 12.4 Å². The third-order valence-corrected chi connectivity index (χ3v) is 6.10. The summed E-state index contributed by atoms with van der Waals surface area (Å²) in [5.41, 5.74) is 6.68. The van der Waals surface area contributed by atoms with E-state index in [1.165, 1.54) is 37.8 Å². The first-order valence-corrected chi connectivity index (χ1v) is 11.8. The van der Waals surface area contributed by atoms with Crippen LogP contribution in [0.3, 0.4) is 0 Å². The van der Waals surface area contributed by atoms with Crippen molar-refractivity contribution in [2.45, 2.75) is 19.1 Å². The molecule has 0 spiro atoms. The fourth-order valence-electron chi connectivity index (χ4n) is 4.26. The number of carbonyl (C=O) groups is 1. The van der Waals surface area contributed by atoms with Gasteiger partial charge in [-0.2, -0.15) is 18.3 Å². The molecular formula is C27H22F3N7O2. The molecule has 5 rings (SSSR count). The number of aryl methyl sites for hydroxylation is 2. The van der Waals surface area contributed by atoms with Gasteiger partial charge in [0, 0.05) is 24.3 Å². The predicted molar refractivity (Wildman–Crippen MR) is 138 cm³/mol. The van der Waals surface area contributed by atoms with Crippen LogP contribution in [0.25, 0.3) is 22.4 Å². The van der Waals surface area contributed by atoms with Gasteiger partial charge < -0.3 is 15.8 Å². The molecule has 0 bridgehead atoms. The van der Waals surface area contributed by atoms with E-state index < -0.39 is 17.6 Å². The van der Waals surface area contributed by atoms with Crippen LogP contribution >= 0.6 is 0 Å². The first kappa shape index (κ1) is 25.6. The van der Waals surface area contributed by atoms with Gasteiger partial charge >= 0.3 is 6.18 Å². The molecule has 0 saturated carbocycles. The van der Waals surface area contributed by atoms with E-state index in [-0.39, 0.29) is 35.7 Å². The zero-order valence-electron chi connectivity index (χ0n) is 20.6. The third kappa shape index (κ3) is 5.21. The SMILES string of the molecule is COc1cnc(-c2nn(CCc3ccccc3C(F)(F)F)c3ccccc23)nc1Nc1ccncc1C(N)=O. The molecule has 1 amide bonds. The number of alkyl halides is 3. The Morgan fingerprint density at radius 3 is 2.62 bits per heavy atom. The number of primary amides is 1. The van der Waals surface area contributed by atoms with Crippen molar-refractivity contribution in [3.63, 3.8) is 0 Å². The minimum Gasteiger partial charge on any atom is -0.491 e. The van der Waals surface area contributed by atoms with Crippen LogP contribution in [0.4, 0.5) is 24.7 Å². The van der Waals surface area contributed by atoms with Crippen molar-refractivity contribution in [3.05, 3.63) is 89.9 Å². The van der Waals surface area contributed by atoms with Crippen molar-refractivity contribution in [1.29, 1.82) is 0 Å². The minimum absolute atomic E-state index is 0.120. The Morgan fingerprint density at radius 1 is 1.08 bits per heavy atom. The fourth-order valence-corrected chi connectivity index (χ4v) is 4.26. The molecule has 3 N–H and O–H groups in total. The Kier molecular flexibility index (Phi) is 6.84. The van der Waals surface area contributed by atoms with E-state index in [0.717, 1.165) is 17.0 Å². The predicted octanol–water partition coefficient (Wildman–Crippen LogP) is 5.00. The molecule has 198 valence electrons. The number of pyridine rings is 1. The molecule has 2 aromatic carbocycles. The summed E-state index contributed by atoms with van der Waals surface area (Å²) in [5, 5.41) is 8.44. The number of para-hydroxylation sites is 1. The molecule has 0 atom stereocenters. The summed E-state index contributed by atoms with van der Waals surface area (Å²) >= 11 is 0. The second-order valence-corrected chi connectivity index (χ2v) is 8.51. The maximum absolute atomic E-state index is 13.5. The lowest BCUT2D eigenvalue weighted by atomic mass is 10.0. The van der Waals surface area contributed by atoms with Crippen LogP contribution in [0, 0.1) is 0 Å². The van der Waals surface area contributed by atoms with E-state index in [1.807, 2.05) is 24.3 Å². The third-order valence-electron chi connectivity index (χ3n) is 6.10. The van der Waals surface area contributed by atoms with Crippen molar-refractivity contribution in [3.8, 4) is 17.3 Å². The number of rotatable bonds is 8. The molecule has 0 fully saturated rings. The van der Waals surface area contributed by atoms with Gasteiger partial charge in [0.25, 0.3) is 5.91 Å². The van der Waals surface area contributed by atoms with Crippen LogP contribution in [0.1, 0.15) is 21.5 Å². The average molecular weight is 534 g/mol. The lowest BCUT2D eigenvalue weighted by Gasteiger charge is -2.13. The monoisotopic (exact) mass is 533 g/mol. The summed E-state index contributed by atoms with van der Waals surface area (Å²) in [6, 6.07) is 14.4. The van der Waals surface area contributed by atoms with Gasteiger partial charge in [0.2, 0.25) is 0 Å². The number of nitrogens with one attached hydrogen (secondary N) is 1. The van der Waals surface area contributed by atoms with Crippen LogP contribution in [0.15, 0.2) is 73.2 Å². The number of anilines is 2. The molecule has 0 aliphatic rings. The number of hydrogen-bond acceptors (Lipinski definition) is 7. The Balaban J connectivity index is 1.52.